The first kappa shape index (κ1) is 105. The number of hydrogen-bond acceptors (Lipinski definition) is 15. The van der Waals surface area contributed by atoms with Gasteiger partial charge in [0.15, 0.2) is 12.2 Å². The van der Waals surface area contributed by atoms with Crippen molar-refractivity contribution in [3.05, 3.63) is 219 Å². The van der Waals surface area contributed by atoms with E-state index in [0.717, 1.165) is 199 Å². The molecule has 0 aliphatic heterocycles. The fourth-order valence-corrected chi connectivity index (χ4v) is 11.8. The second kappa shape index (κ2) is 82.4. The zero-order valence-corrected chi connectivity index (χ0v) is 70.8. The summed E-state index contributed by atoms with van der Waals surface area (Å²) in [5, 5.41) is 10.7. The van der Waals surface area contributed by atoms with E-state index < -0.39 is 97.5 Å². The summed E-state index contributed by atoms with van der Waals surface area (Å²) < 4.78 is 68.7. The van der Waals surface area contributed by atoms with Crippen LogP contribution in [0.2, 0.25) is 0 Å². The van der Waals surface area contributed by atoms with Gasteiger partial charge in [0.1, 0.15) is 19.3 Å². The van der Waals surface area contributed by atoms with E-state index in [-0.39, 0.29) is 25.7 Å². The average molecular weight is 1600 g/mol. The maximum Gasteiger partial charge on any atom is 0.472 e. The highest BCUT2D eigenvalue weighted by Crippen LogP contribution is 2.45. The lowest BCUT2D eigenvalue weighted by Gasteiger charge is -2.21. The molecule has 0 amide bonds. The Balaban J connectivity index is 5.54. The van der Waals surface area contributed by atoms with Crippen molar-refractivity contribution in [1.29, 1.82) is 0 Å². The van der Waals surface area contributed by atoms with E-state index in [1.807, 2.05) is 18.2 Å². The summed E-state index contributed by atoms with van der Waals surface area (Å²) in [6, 6.07) is 0. The number of hydrogen-bond donors (Lipinski definition) is 3. The smallest absolute Gasteiger partial charge is 0.462 e. The van der Waals surface area contributed by atoms with E-state index in [4.69, 9.17) is 37.0 Å². The second-order valence-corrected chi connectivity index (χ2v) is 29.8. The number of aliphatic hydroxyl groups excluding tert-OH is 1. The van der Waals surface area contributed by atoms with Gasteiger partial charge in [0.2, 0.25) is 0 Å². The lowest BCUT2D eigenvalue weighted by Crippen LogP contribution is -2.30. The molecule has 0 aromatic rings. The molecule has 0 aromatic heterocycles. The Kier molecular flexibility index (Phi) is 77.5. The second-order valence-electron chi connectivity index (χ2n) is 26.9. The maximum absolute atomic E-state index is 13.1. The van der Waals surface area contributed by atoms with Crippen molar-refractivity contribution < 1.29 is 80.2 Å². The molecule has 112 heavy (non-hydrogen) atoms. The number of rotatable bonds is 76. The molecule has 0 saturated heterocycles. The molecule has 0 bridgehead atoms. The summed E-state index contributed by atoms with van der Waals surface area (Å²) in [6.07, 6.45) is 105. The van der Waals surface area contributed by atoms with Crippen molar-refractivity contribution in [2.24, 2.45) is 0 Å². The van der Waals surface area contributed by atoms with Crippen LogP contribution in [0.5, 0.6) is 0 Å². The summed E-state index contributed by atoms with van der Waals surface area (Å²) in [5.41, 5.74) is 0. The van der Waals surface area contributed by atoms with Crippen LogP contribution in [0.4, 0.5) is 0 Å². The number of aliphatic hydroxyl groups is 1. The predicted octanol–water partition coefficient (Wildman–Crippen LogP) is 25.2. The number of phosphoric ester groups is 2. The summed E-state index contributed by atoms with van der Waals surface area (Å²) in [6.45, 7) is 4.24. The van der Waals surface area contributed by atoms with Gasteiger partial charge in [0, 0.05) is 25.7 Å². The molecular weight excluding hydrogens is 1450 g/mol. The number of carbonyl (C=O) groups is 4. The molecule has 0 heterocycles. The molecule has 5 unspecified atom stereocenters. The van der Waals surface area contributed by atoms with Crippen LogP contribution in [0, 0.1) is 0 Å². The molecular formula is C93H146O17P2. The van der Waals surface area contributed by atoms with Crippen molar-refractivity contribution in [3.8, 4) is 0 Å². The highest BCUT2D eigenvalue weighted by Gasteiger charge is 2.30. The number of ether oxygens (including phenoxy) is 4. The Bertz CT molecular complexity index is 2990. The first-order valence-corrected chi connectivity index (χ1v) is 45.0. The first-order valence-electron chi connectivity index (χ1n) is 42.0. The van der Waals surface area contributed by atoms with Gasteiger partial charge in [-0.15, -0.1) is 0 Å². The van der Waals surface area contributed by atoms with E-state index in [1.54, 1.807) is 0 Å². The number of phosphoric acid groups is 2. The van der Waals surface area contributed by atoms with E-state index in [0.29, 0.717) is 32.1 Å². The molecule has 19 heteroatoms. The van der Waals surface area contributed by atoms with Crippen molar-refractivity contribution in [2.45, 2.75) is 303 Å². The van der Waals surface area contributed by atoms with Gasteiger partial charge >= 0.3 is 39.5 Å². The van der Waals surface area contributed by atoms with E-state index in [1.165, 1.54) is 0 Å². The Hall–Kier alpha value is -6.62. The number of esters is 4. The van der Waals surface area contributed by atoms with Gasteiger partial charge in [-0.25, -0.2) is 9.13 Å². The Morgan fingerprint density at radius 1 is 0.250 bits per heavy atom. The third-order valence-corrected chi connectivity index (χ3v) is 18.3. The van der Waals surface area contributed by atoms with E-state index in [2.05, 4.69) is 228 Å². The lowest BCUT2D eigenvalue weighted by molar-refractivity contribution is -0.161. The van der Waals surface area contributed by atoms with Crippen LogP contribution in [0.15, 0.2) is 219 Å². The van der Waals surface area contributed by atoms with Crippen molar-refractivity contribution in [1.82, 2.24) is 0 Å². The molecule has 0 saturated carbocycles. The van der Waals surface area contributed by atoms with Gasteiger partial charge in [0.05, 0.1) is 26.4 Å². The largest absolute Gasteiger partial charge is 0.472 e. The molecule has 0 rings (SSSR count). The molecule has 0 aliphatic rings. The highest BCUT2D eigenvalue weighted by atomic mass is 31.2. The SMILES string of the molecule is CC/C=C\C/C=C\C/C=C\C/C=C\C/C=C\C/C=C\CCC(=O)OCC(COP(=O)(O)OCC(O)COP(=O)(O)OCC(COC(=O)CCCCCCCC/C=C\C/C=C\C/C=C\C/C=C\CC)OC(=O)CCCCCC/C=C\C/C=C\C/C=C\C/C=C\CC)OC(=O)CCCCCC/C=C\C/C=C\C/C=C\C/C=C\CC. The zero-order valence-electron chi connectivity index (χ0n) is 69.0. The first-order chi connectivity index (χ1) is 54.7. The quantitative estimate of drug-likeness (QED) is 0.0169. The van der Waals surface area contributed by atoms with Crippen LogP contribution in [-0.2, 0) is 65.4 Å². The molecule has 3 N–H and O–H groups in total. The summed E-state index contributed by atoms with van der Waals surface area (Å²) in [5.74, 6) is -2.37. The van der Waals surface area contributed by atoms with E-state index in [9.17, 15) is 43.2 Å². The number of unbranched alkanes of at least 4 members (excludes halogenated alkanes) is 14. The maximum atomic E-state index is 13.1. The minimum Gasteiger partial charge on any atom is -0.462 e. The number of allylic oxidation sites excluding steroid dienone is 36. The van der Waals surface area contributed by atoms with E-state index >= 15 is 0 Å². The van der Waals surface area contributed by atoms with Gasteiger partial charge < -0.3 is 33.8 Å². The molecule has 0 aliphatic carbocycles. The monoisotopic (exact) mass is 1600 g/mol. The molecule has 0 radical (unpaired) electrons. The normalized spacial score (nSPS) is 14.9. The molecule has 0 fully saturated rings. The van der Waals surface area contributed by atoms with Crippen LogP contribution in [0.3, 0.4) is 0 Å². The Labute approximate surface area is 677 Å². The molecule has 0 spiro atoms. The van der Waals surface area contributed by atoms with Crippen molar-refractivity contribution in [3.63, 3.8) is 0 Å². The van der Waals surface area contributed by atoms with Crippen LogP contribution >= 0.6 is 15.6 Å². The summed E-state index contributed by atoms with van der Waals surface area (Å²) in [7, 11) is -10.0. The fourth-order valence-electron chi connectivity index (χ4n) is 10.2. The van der Waals surface area contributed by atoms with Crippen molar-refractivity contribution >= 4 is 39.5 Å². The minimum atomic E-state index is -5.02. The third-order valence-electron chi connectivity index (χ3n) is 16.4. The number of carbonyl (C=O) groups excluding carboxylic acids is 4. The standard InChI is InChI=1S/C93H146O17P2/c1-5-9-13-17-21-25-29-33-37-41-43-47-49-53-57-61-65-69-73-77-90(95)103-83-88(109-92(97)79-75-71-67-63-59-55-51-45-39-35-31-27-23-19-15-11-7-3)85-107-111(99,100)105-81-87(94)82-106-112(101,102)108-86-89(110-93(98)80-76-72-68-64-60-56-52-46-40-36-32-28-24-20-16-12-8-4)84-104-91(96)78-74-70-66-62-58-54-50-48-44-42-38-34-30-26-22-18-14-10-6-2/h9-16,21-28,33-40,43-44,47-48,51-53,55-57,65,69,87-89,94H,5-8,17-20,29-32,41-42,45-46,49-50,54,58-64,66-68,70-86H2,1-4H3,(H,99,100)(H,101,102)/b13-9-,14-10-,15-11-,16-12-,25-21-,26-22-,27-23-,28-24-,37-33-,38-34-,39-35-,40-36-,47-43-,48-44-,55-51-,56-52-,57-53-,69-65-. The average Bonchev–Trinajstić information content (AvgIpc) is 0.895. The molecule has 17 nitrogen and oxygen atoms in total. The lowest BCUT2D eigenvalue weighted by atomic mass is 10.1. The molecule has 5 atom stereocenters. The summed E-state index contributed by atoms with van der Waals surface area (Å²) in [4.78, 5) is 73.2. The highest BCUT2D eigenvalue weighted by molar-refractivity contribution is 7.47. The van der Waals surface area contributed by atoms with Gasteiger partial charge in [-0.3, -0.25) is 37.3 Å². The molecule has 0 aromatic carbocycles. The minimum absolute atomic E-state index is 0.0207. The van der Waals surface area contributed by atoms with Gasteiger partial charge in [-0.1, -0.05) is 298 Å². The Morgan fingerprint density at radius 3 is 0.723 bits per heavy atom. The van der Waals surface area contributed by atoms with Gasteiger partial charge in [0.25, 0.3) is 0 Å². The fraction of sp³-hybridized carbons (Fsp3) is 0.570. The topological polar surface area (TPSA) is 237 Å². The van der Waals surface area contributed by atoms with Gasteiger partial charge in [-0.05, 0) is 180 Å². The predicted molar refractivity (Wildman–Crippen MR) is 463 cm³/mol. The van der Waals surface area contributed by atoms with Crippen LogP contribution in [-0.4, -0.2) is 96.7 Å². The third kappa shape index (κ3) is 81.4. The molecule has 630 valence electrons. The zero-order chi connectivity index (χ0) is 81.7. The Morgan fingerprint density at radius 2 is 0.455 bits per heavy atom. The van der Waals surface area contributed by atoms with Gasteiger partial charge in [-0.2, -0.15) is 0 Å². The van der Waals surface area contributed by atoms with Crippen LogP contribution in [0.25, 0.3) is 0 Å². The van der Waals surface area contributed by atoms with Crippen LogP contribution in [0.1, 0.15) is 285 Å². The van der Waals surface area contributed by atoms with Crippen LogP contribution < -0.4 is 0 Å². The van der Waals surface area contributed by atoms with Crippen molar-refractivity contribution in [2.75, 3.05) is 39.6 Å². The summed E-state index contributed by atoms with van der Waals surface area (Å²) >= 11 is 0.